The molecule has 0 bridgehead atoms. The molecule has 1 saturated heterocycles. The minimum Gasteiger partial charge on any atom is -0.386 e. The first kappa shape index (κ1) is 22.3. The van der Waals surface area contributed by atoms with E-state index < -0.39 is 35.7 Å². The van der Waals surface area contributed by atoms with E-state index in [-0.39, 0.29) is 18.8 Å². The van der Waals surface area contributed by atoms with E-state index in [0.717, 1.165) is 12.3 Å². The van der Waals surface area contributed by atoms with Crippen molar-refractivity contribution < 1.29 is 32.7 Å². The van der Waals surface area contributed by atoms with Crippen LogP contribution >= 0.6 is 0 Å². The second-order valence-corrected chi connectivity index (χ2v) is 6.92. The average Bonchev–Trinajstić information content (AvgIpc) is 2.75. The van der Waals surface area contributed by atoms with Crippen molar-refractivity contribution in [1.29, 1.82) is 0 Å². The largest absolute Gasteiger partial charge is 0.417 e. The summed E-state index contributed by atoms with van der Waals surface area (Å²) in [7, 11) is 0. The zero-order valence-electron chi connectivity index (χ0n) is 16.2. The number of aliphatic hydroxyl groups excluding tert-OH is 1. The van der Waals surface area contributed by atoms with Crippen LogP contribution in [0.2, 0.25) is 0 Å². The lowest BCUT2D eigenvalue weighted by molar-refractivity contribution is -0.145. The smallest absolute Gasteiger partial charge is 0.386 e. The summed E-state index contributed by atoms with van der Waals surface area (Å²) in [5.74, 6) is -1.29. The predicted octanol–water partition coefficient (Wildman–Crippen LogP) is -0.206. The van der Waals surface area contributed by atoms with Crippen molar-refractivity contribution in [3.63, 3.8) is 0 Å². The lowest BCUT2D eigenvalue weighted by atomic mass is 10.0. The molecule has 1 fully saturated rings. The van der Waals surface area contributed by atoms with Gasteiger partial charge in [-0.1, -0.05) is 6.08 Å². The highest BCUT2D eigenvalue weighted by Gasteiger charge is 2.32. The number of piperazine rings is 1. The molecule has 3 amide bonds. The molecule has 0 radical (unpaired) electrons. The predicted molar refractivity (Wildman–Crippen MR) is 102 cm³/mol. The van der Waals surface area contributed by atoms with Gasteiger partial charge >= 0.3 is 18.0 Å². The standard InChI is InChI=1S/C19H20F3N5O4/c20-19(21,22)12-1-4-16(23-10-12)26-5-7-27(8-6-26)18(31)17(30)25-13-2-3-14(24-11-28)15(29)9-13/h1-4,9-11,14-15,29H,5-8H2,(H,24,28)(H,25,30). The molecule has 3 N–H and O–H groups in total. The van der Waals surface area contributed by atoms with E-state index in [1.807, 2.05) is 0 Å². The zero-order chi connectivity index (χ0) is 22.6. The Bertz CT molecular complexity index is 893. The third kappa shape index (κ3) is 5.40. The Balaban J connectivity index is 1.52. The Morgan fingerprint density at radius 2 is 1.90 bits per heavy atom. The first-order valence-electron chi connectivity index (χ1n) is 9.35. The SMILES string of the molecule is O=CNC1C=CC(NC(=O)C(=O)N2CCN(c3ccc(C(F)(F)F)cn3)CC2)=CC1O. The number of halogens is 3. The number of aromatic nitrogens is 1. The molecule has 2 aliphatic rings. The van der Waals surface area contributed by atoms with Crippen LogP contribution in [0.1, 0.15) is 5.56 Å². The second-order valence-electron chi connectivity index (χ2n) is 6.92. The molecule has 2 atom stereocenters. The quantitative estimate of drug-likeness (QED) is 0.442. The fourth-order valence-corrected chi connectivity index (χ4v) is 3.19. The highest BCUT2D eigenvalue weighted by molar-refractivity contribution is 6.35. The topological polar surface area (TPSA) is 115 Å². The number of alkyl halides is 3. The summed E-state index contributed by atoms with van der Waals surface area (Å²) in [6.07, 6.45) is -0.0631. The number of nitrogens with zero attached hydrogens (tertiary/aromatic N) is 3. The van der Waals surface area contributed by atoms with E-state index in [9.17, 15) is 32.7 Å². The van der Waals surface area contributed by atoms with Crippen molar-refractivity contribution in [1.82, 2.24) is 20.5 Å². The number of pyridine rings is 1. The van der Waals surface area contributed by atoms with Crippen LogP contribution in [0.3, 0.4) is 0 Å². The number of rotatable bonds is 4. The summed E-state index contributed by atoms with van der Waals surface area (Å²) < 4.78 is 37.9. The molecule has 1 aromatic rings. The number of anilines is 1. The molecule has 31 heavy (non-hydrogen) atoms. The van der Waals surface area contributed by atoms with Gasteiger partial charge in [0.2, 0.25) is 6.41 Å². The van der Waals surface area contributed by atoms with Gasteiger partial charge in [0.1, 0.15) is 5.82 Å². The molecule has 9 nitrogen and oxygen atoms in total. The molecule has 0 spiro atoms. The van der Waals surface area contributed by atoms with E-state index in [2.05, 4.69) is 15.6 Å². The van der Waals surface area contributed by atoms with Crippen molar-refractivity contribution in [2.24, 2.45) is 0 Å². The zero-order valence-corrected chi connectivity index (χ0v) is 16.2. The summed E-state index contributed by atoms with van der Waals surface area (Å²) in [4.78, 5) is 42.0. The molecule has 1 aliphatic carbocycles. The Labute approximate surface area is 175 Å². The van der Waals surface area contributed by atoms with Gasteiger partial charge in [0.15, 0.2) is 0 Å². The molecule has 1 aromatic heterocycles. The number of hydrogen-bond donors (Lipinski definition) is 3. The van der Waals surface area contributed by atoms with Crippen LogP contribution in [0.25, 0.3) is 0 Å². The lowest BCUT2D eigenvalue weighted by Gasteiger charge is -2.35. The van der Waals surface area contributed by atoms with Gasteiger partial charge in [0.05, 0.1) is 17.7 Å². The van der Waals surface area contributed by atoms with E-state index in [0.29, 0.717) is 25.3 Å². The monoisotopic (exact) mass is 439 g/mol. The van der Waals surface area contributed by atoms with E-state index in [1.54, 1.807) is 4.90 Å². The molecule has 166 valence electrons. The van der Waals surface area contributed by atoms with Crippen LogP contribution in [0.5, 0.6) is 0 Å². The number of hydrogen-bond acceptors (Lipinski definition) is 6. The van der Waals surface area contributed by atoms with Crippen LogP contribution in [0.15, 0.2) is 42.3 Å². The summed E-state index contributed by atoms with van der Waals surface area (Å²) in [5.41, 5.74) is -0.617. The molecule has 12 heteroatoms. The second kappa shape index (κ2) is 9.16. The molecule has 3 rings (SSSR count). The fourth-order valence-electron chi connectivity index (χ4n) is 3.19. The molecule has 0 aromatic carbocycles. The van der Waals surface area contributed by atoms with Gasteiger partial charge in [0, 0.05) is 38.1 Å². The van der Waals surface area contributed by atoms with Crippen LogP contribution in [-0.4, -0.2) is 71.5 Å². The molecular weight excluding hydrogens is 419 g/mol. The number of carbonyl (C=O) groups is 3. The van der Waals surface area contributed by atoms with Crippen molar-refractivity contribution in [2.45, 2.75) is 18.3 Å². The van der Waals surface area contributed by atoms with Gasteiger partial charge in [-0.3, -0.25) is 14.4 Å². The minimum atomic E-state index is -4.46. The maximum Gasteiger partial charge on any atom is 0.417 e. The van der Waals surface area contributed by atoms with E-state index in [4.69, 9.17) is 0 Å². The van der Waals surface area contributed by atoms with Gasteiger partial charge in [-0.25, -0.2) is 4.98 Å². The highest BCUT2D eigenvalue weighted by atomic mass is 19.4. The Morgan fingerprint density at radius 1 is 1.19 bits per heavy atom. The fraction of sp³-hybridized carbons (Fsp3) is 0.368. The van der Waals surface area contributed by atoms with Crippen LogP contribution < -0.4 is 15.5 Å². The first-order valence-corrected chi connectivity index (χ1v) is 9.35. The van der Waals surface area contributed by atoms with Gasteiger partial charge in [-0.2, -0.15) is 13.2 Å². The van der Waals surface area contributed by atoms with Crippen molar-refractivity contribution >= 4 is 24.0 Å². The van der Waals surface area contributed by atoms with Gasteiger partial charge in [-0.05, 0) is 24.3 Å². The number of aliphatic hydroxyl groups is 1. The molecule has 0 saturated carbocycles. The maximum absolute atomic E-state index is 12.6. The molecule has 1 aliphatic heterocycles. The van der Waals surface area contributed by atoms with Crippen LogP contribution in [0, 0.1) is 0 Å². The third-order valence-corrected chi connectivity index (χ3v) is 4.88. The lowest BCUT2D eigenvalue weighted by Crippen LogP contribution is -2.52. The first-order chi connectivity index (χ1) is 14.7. The average molecular weight is 439 g/mol. The van der Waals surface area contributed by atoms with Gasteiger partial charge < -0.3 is 25.5 Å². The van der Waals surface area contributed by atoms with Gasteiger partial charge in [0.25, 0.3) is 0 Å². The molecule has 2 heterocycles. The number of nitrogens with one attached hydrogen (secondary N) is 2. The normalized spacial score (nSPS) is 21.4. The van der Waals surface area contributed by atoms with Gasteiger partial charge in [-0.15, -0.1) is 0 Å². The van der Waals surface area contributed by atoms with Crippen LogP contribution in [-0.2, 0) is 20.6 Å². The van der Waals surface area contributed by atoms with E-state index >= 15 is 0 Å². The van der Waals surface area contributed by atoms with Crippen molar-refractivity contribution in [2.75, 3.05) is 31.1 Å². The molecule has 2 unspecified atom stereocenters. The third-order valence-electron chi connectivity index (χ3n) is 4.88. The minimum absolute atomic E-state index is 0.192. The van der Waals surface area contributed by atoms with Crippen molar-refractivity contribution in [3.8, 4) is 0 Å². The summed E-state index contributed by atoms with van der Waals surface area (Å²) >= 11 is 0. The Kier molecular flexibility index (Phi) is 6.59. The molecular formula is C19H20F3N5O4. The summed E-state index contributed by atoms with van der Waals surface area (Å²) in [6, 6.07) is 1.59. The van der Waals surface area contributed by atoms with E-state index in [1.165, 1.54) is 29.2 Å². The van der Waals surface area contributed by atoms with Crippen LogP contribution in [0.4, 0.5) is 19.0 Å². The number of amides is 3. The maximum atomic E-state index is 12.6. The summed E-state index contributed by atoms with van der Waals surface area (Å²) in [5, 5.41) is 14.7. The Hall–Kier alpha value is -3.41. The van der Waals surface area contributed by atoms with Crippen molar-refractivity contribution in [3.05, 3.63) is 47.8 Å². The Morgan fingerprint density at radius 3 is 2.45 bits per heavy atom. The summed E-state index contributed by atoms with van der Waals surface area (Å²) in [6.45, 7) is 0.991. The number of allylic oxidation sites excluding steroid dienone is 1. The number of carbonyl (C=O) groups excluding carboxylic acids is 3. The highest BCUT2D eigenvalue weighted by Crippen LogP contribution is 2.29.